The average Bonchev–Trinajstić information content (AvgIpc) is 1.96. The summed E-state index contributed by atoms with van der Waals surface area (Å²) in [6.45, 7) is 1.93. The maximum Gasteiger partial charge on any atom is 0.118 e. The van der Waals surface area contributed by atoms with Gasteiger partial charge >= 0.3 is 0 Å². The molecule has 1 atom stereocenters. The smallest absolute Gasteiger partial charge is 0.118 e. The molecule has 1 aromatic rings. The fraction of sp³-hybridized carbons (Fsp3) is 0.333. The monoisotopic (exact) mass is 277 g/mol. The van der Waals surface area contributed by atoms with Gasteiger partial charge in [-0.1, -0.05) is 0 Å². The first-order valence-corrected chi connectivity index (χ1v) is 4.90. The van der Waals surface area contributed by atoms with Gasteiger partial charge in [-0.25, -0.2) is 0 Å². The first-order valence-electron chi connectivity index (χ1n) is 3.82. The maximum absolute atomic E-state index is 9.42. The van der Waals surface area contributed by atoms with Gasteiger partial charge in [-0.15, -0.1) is 0 Å². The molecule has 0 radical (unpaired) electrons. The van der Waals surface area contributed by atoms with Crippen molar-refractivity contribution >= 4 is 22.6 Å². The van der Waals surface area contributed by atoms with Crippen LogP contribution in [0, 0.1) is 3.57 Å². The number of rotatable bonds is 2. The van der Waals surface area contributed by atoms with E-state index in [1.54, 1.807) is 6.07 Å². The van der Waals surface area contributed by atoms with E-state index in [1.807, 2.05) is 19.1 Å². The van der Waals surface area contributed by atoms with E-state index in [0.29, 0.717) is 5.75 Å². The Kier molecular flexibility index (Phi) is 3.34. The molecule has 66 valence electrons. The molecule has 12 heavy (non-hydrogen) atoms. The average molecular weight is 277 g/mol. The SMILES string of the molecule is CC(N)Cc1cc(I)ccc1O. The number of halogens is 1. The summed E-state index contributed by atoms with van der Waals surface area (Å²) in [6, 6.07) is 5.63. The van der Waals surface area contributed by atoms with Gasteiger partial charge < -0.3 is 10.8 Å². The fourth-order valence-corrected chi connectivity index (χ4v) is 1.62. The van der Waals surface area contributed by atoms with Gasteiger partial charge in [0.05, 0.1) is 0 Å². The molecule has 0 aliphatic carbocycles. The molecule has 0 amide bonds. The lowest BCUT2D eigenvalue weighted by atomic mass is 10.1. The lowest BCUT2D eigenvalue weighted by Gasteiger charge is -2.07. The second kappa shape index (κ2) is 4.09. The molecule has 1 unspecified atom stereocenters. The summed E-state index contributed by atoms with van der Waals surface area (Å²) in [4.78, 5) is 0. The largest absolute Gasteiger partial charge is 0.508 e. The van der Waals surface area contributed by atoms with Crippen molar-refractivity contribution in [1.29, 1.82) is 0 Å². The van der Waals surface area contributed by atoms with Gasteiger partial charge in [0.2, 0.25) is 0 Å². The molecular weight excluding hydrogens is 265 g/mol. The van der Waals surface area contributed by atoms with E-state index in [-0.39, 0.29) is 6.04 Å². The van der Waals surface area contributed by atoms with Gasteiger partial charge in [-0.2, -0.15) is 0 Å². The second-order valence-electron chi connectivity index (χ2n) is 2.95. The molecule has 3 heteroatoms. The molecule has 3 N–H and O–H groups in total. The van der Waals surface area contributed by atoms with Gasteiger partial charge in [-0.05, 0) is 59.7 Å². The van der Waals surface area contributed by atoms with E-state index in [4.69, 9.17) is 5.73 Å². The highest BCUT2D eigenvalue weighted by molar-refractivity contribution is 14.1. The minimum atomic E-state index is 0.0918. The normalized spacial score (nSPS) is 12.9. The summed E-state index contributed by atoms with van der Waals surface area (Å²) in [7, 11) is 0. The Balaban J connectivity index is 2.90. The first-order chi connectivity index (χ1) is 5.59. The summed E-state index contributed by atoms with van der Waals surface area (Å²) in [5.74, 6) is 0.340. The van der Waals surface area contributed by atoms with Crippen LogP contribution in [0.1, 0.15) is 12.5 Å². The van der Waals surface area contributed by atoms with Crippen LogP contribution in [0.4, 0.5) is 0 Å². The third kappa shape index (κ3) is 2.64. The standard InChI is InChI=1S/C9H12INO/c1-6(11)4-7-5-8(10)2-3-9(7)12/h2-3,5-6,12H,4,11H2,1H3. The van der Waals surface area contributed by atoms with E-state index in [2.05, 4.69) is 22.6 Å². The Morgan fingerprint density at radius 3 is 2.83 bits per heavy atom. The zero-order valence-corrected chi connectivity index (χ0v) is 9.08. The van der Waals surface area contributed by atoms with E-state index >= 15 is 0 Å². The Morgan fingerprint density at radius 1 is 1.58 bits per heavy atom. The second-order valence-corrected chi connectivity index (χ2v) is 4.20. The number of phenols is 1. The quantitative estimate of drug-likeness (QED) is 0.811. The first kappa shape index (κ1) is 9.80. The Bertz CT molecular complexity index is 273. The number of benzene rings is 1. The molecule has 1 rings (SSSR count). The molecule has 0 aliphatic heterocycles. The molecule has 0 bridgehead atoms. The van der Waals surface area contributed by atoms with Crippen molar-refractivity contribution in [3.8, 4) is 5.75 Å². The van der Waals surface area contributed by atoms with Crippen molar-refractivity contribution in [2.75, 3.05) is 0 Å². The van der Waals surface area contributed by atoms with E-state index in [0.717, 1.165) is 15.6 Å². The molecule has 0 spiro atoms. The summed E-state index contributed by atoms with van der Waals surface area (Å²) in [5, 5.41) is 9.42. The predicted octanol–water partition coefficient (Wildman–Crippen LogP) is 1.89. The summed E-state index contributed by atoms with van der Waals surface area (Å²) < 4.78 is 1.13. The van der Waals surface area contributed by atoms with E-state index < -0.39 is 0 Å². The van der Waals surface area contributed by atoms with E-state index in [9.17, 15) is 5.11 Å². The molecular formula is C9H12INO. The molecule has 0 heterocycles. The molecule has 0 saturated heterocycles. The Hall–Kier alpha value is -0.290. The summed E-state index contributed by atoms with van der Waals surface area (Å²) in [6.07, 6.45) is 0.725. The van der Waals surface area contributed by atoms with Gasteiger partial charge in [-0.3, -0.25) is 0 Å². The van der Waals surface area contributed by atoms with Crippen LogP contribution in [0.15, 0.2) is 18.2 Å². The van der Waals surface area contributed by atoms with Crippen LogP contribution in [0.3, 0.4) is 0 Å². The van der Waals surface area contributed by atoms with Crippen LogP contribution >= 0.6 is 22.6 Å². The topological polar surface area (TPSA) is 46.2 Å². The minimum absolute atomic E-state index is 0.0918. The van der Waals surface area contributed by atoms with Crippen molar-refractivity contribution < 1.29 is 5.11 Å². The van der Waals surface area contributed by atoms with Crippen molar-refractivity contribution in [3.63, 3.8) is 0 Å². The molecule has 0 aromatic heterocycles. The third-order valence-electron chi connectivity index (χ3n) is 1.58. The van der Waals surface area contributed by atoms with Crippen LogP contribution in [0.25, 0.3) is 0 Å². The number of hydrogen-bond acceptors (Lipinski definition) is 2. The molecule has 1 aromatic carbocycles. The zero-order valence-electron chi connectivity index (χ0n) is 6.92. The van der Waals surface area contributed by atoms with Crippen molar-refractivity contribution in [2.45, 2.75) is 19.4 Å². The highest BCUT2D eigenvalue weighted by Gasteiger charge is 2.03. The highest BCUT2D eigenvalue weighted by atomic mass is 127. The van der Waals surface area contributed by atoms with Crippen LogP contribution in [-0.4, -0.2) is 11.1 Å². The fourth-order valence-electron chi connectivity index (χ4n) is 1.06. The highest BCUT2D eigenvalue weighted by Crippen LogP contribution is 2.20. The number of hydrogen-bond donors (Lipinski definition) is 2. The lowest BCUT2D eigenvalue weighted by molar-refractivity contribution is 0.465. The van der Waals surface area contributed by atoms with Gasteiger partial charge in [0.15, 0.2) is 0 Å². The zero-order chi connectivity index (χ0) is 9.14. The Labute approximate surface area is 85.9 Å². The van der Waals surface area contributed by atoms with Crippen molar-refractivity contribution in [1.82, 2.24) is 0 Å². The van der Waals surface area contributed by atoms with Crippen molar-refractivity contribution in [2.24, 2.45) is 5.73 Å². The van der Waals surface area contributed by atoms with Crippen LogP contribution in [0.5, 0.6) is 5.75 Å². The predicted molar refractivity (Wildman–Crippen MR) is 58.2 cm³/mol. The minimum Gasteiger partial charge on any atom is -0.508 e. The van der Waals surface area contributed by atoms with Gasteiger partial charge in [0.1, 0.15) is 5.75 Å². The maximum atomic E-state index is 9.42. The third-order valence-corrected chi connectivity index (χ3v) is 2.25. The van der Waals surface area contributed by atoms with E-state index in [1.165, 1.54) is 0 Å². The summed E-state index contributed by atoms with van der Waals surface area (Å²) in [5.41, 5.74) is 6.56. The summed E-state index contributed by atoms with van der Waals surface area (Å²) >= 11 is 2.22. The lowest BCUT2D eigenvalue weighted by Crippen LogP contribution is -2.17. The van der Waals surface area contributed by atoms with Crippen LogP contribution in [0.2, 0.25) is 0 Å². The molecule has 0 saturated carbocycles. The van der Waals surface area contributed by atoms with Gasteiger partial charge in [0.25, 0.3) is 0 Å². The number of aromatic hydroxyl groups is 1. The molecule has 0 fully saturated rings. The molecule has 0 aliphatic rings. The van der Waals surface area contributed by atoms with Gasteiger partial charge in [0, 0.05) is 9.61 Å². The van der Waals surface area contributed by atoms with Crippen LogP contribution in [-0.2, 0) is 6.42 Å². The van der Waals surface area contributed by atoms with Crippen molar-refractivity contribution in [3.05, 3.63) is 27.3 Å². The number of phenolic OH excluding ortho intramolecular Hbond substituents is 1. The van der Waals surface area contributed by atoms with Crippen LogP contribution < -0.4 is 5.73 Å². The number of nitrogens with two attached hydrogens (primary N) is 1. The Morgan fingerprint density at radius 2 is 2.25 bits per heavy atom. The molecule has 2 nitrogen and oxygen atoms in total.